The van der Waals surface area contributed by atoms with Gasteiger partial charge in [-0.15, -0.1) is 0 Å². The van der Waals surface area contributed by atoms with Crippen molar-refractivity contribution in [2.24, 2.45) is 5.10 Å². The number of nitrogens with one attached hydrogen (secondary N) is 2. The number of anilines is 1. The predicted molar refractivity (Wildman–Crippen MR) is 158 cm³/mol. The first kappa shape index (κ1) is 28.4. The Morgan fingerprint density at radius 3 is 2.35 bits per heavy atom. The molecular formula is C31H28BrN3O5. The average molecular weight is 602 g/mol. The number of halogens is 1. The fourth-order valence-corrected chi connectivity index (χ4v) is 4.10. The average Bonchev–Trinajstić information content (AvgIpc) is 2.97. The zero-order valence-electron chi connectivity index (χ0n) is 22.0. The van der Waals surface area contributed by atoms with Gasteiger partial charge in [-0.2, -0.15) is 5.10 Å². The highest BCUT2D eigenvalue weighted by Crippen LogP contribution is 2.29. The summed E-state index contributed by atoms with van der Waals surface area (Å²) < 4.78 is 17.5. The van der Waals surface area contributed by atoms with Crippen LogP contribution < -0.4 is 25.0 Å². The van der Waals surface area contributed by atoms with Gasteiger partial charge in [0.15, 0.2) is 18.1 Å². The number of amides is 2. The molecule has 2 N–H and O–H groups in total. The molecule has 4 rings (SSSR count). The Hall–Kier alpha value is -4.63. The lowest BCUT2D eigenvalue weighted by molar-refractivity contribution is -0.118. The van der Waals surface area contributed by atoms with E-state index in [1.54, 1.807) is 36.4 Å². The molecule has 0 aliphatic rings. The van der Waals surface area contributed by atoms with Crippen LogP contribution >= 0.6 is 15.9 Å². The molecule has 0 aromatic heterocycles. The molecule has 2 amide bonds. The molecule has 40 heavy (non-hydrogen) atoms. The van der Waals surface area contributed by atoms with Gasteiger partial charge in [-0.1, -0.05) is 48.0 Å². The summed E-state index contributed by atoms with van der Waals surface area (Å²) in [6.45, 7) is 2.22. The molecule has 9 heteroatoms. The summed E-state index contributed by atoms with van der Waals surface area (Å²) in [6.07, 6.45) is 1.51. The molecule has 0 radical (unpaired) electrons. The zero-order valence-corrected chi connectivity index (χ0v) is 23.6. The number of hydrogen-bond acceptors (Lipinski definition) is 6. The summed E-state index contributed by atoms with van der Waals surface area (Å²) >= 11 is 3.45. The van der Waals surface area contributed by atoms with Crippen molar-refractivity contribution in [1.29, 1.82) is 0 Å². The van der Waals surface area contributed by atoms with Gasteiger partial charge in [-0.25, -0.2) is 5.43 Å². The third-order valence-corrected chi connectivity index (χ3v) is 6.31. The third kappa shape index (κ3) is 8.18. The van der Waals surface area contributed by atoms with E-state index >= 15 is 0 Å². The van der Waals surface area contributed by atoms with Crippen molar-refractivity contribution in [2.75, 3.05) is 19.0 Å². The van der Waals surface area contributed by atoms with Gasteiger partial charge >= 0.3 is 0 Å². The van der Waals surface area contributed by atoms with E-state index in [0.29, 0.717) is 45.1 Å². The monoisotopic (exact) mass is 601 g/mol. The smallest absolute Gasteiger partial charge is 0.271 e. The van der Waals surface area contributed by atoms with E-state index in [1.807, 2.05) is 61.5 Å². The van der Waals surface area contributed by atoms with Gasteiger partial charge in [-0.05, 0) is 82.5 Å². The number of benzene rings is 4. The van der Waals surface area contributed by atoms with Crippen LogP contribution in [0.25, 0.3) is 0 Å². The van der Waals surface area contributed by atoms with E-state index in [9.17, 15) is 9.59 Å². The molecule has 0 spiro atoms. The van der Waals surface area contributed by atoms with Crippen LogP contribution in [0.5, 0.6) is 17.2 Å². The van der Waals surface area contributed by atoms with E-state index in [0.717, 1.165) is 11.1 Å². The summed E-state index contributed by atoms with van der Waals surface area (Å²) in [6, 6.07) is 27.5. The molecule has 0 bridgehead atoms. The van der Waals surface area contributed by atoms with E-state index in [1.165, 1.54) is 13.3 Å². The van der Waals surface area contributed by atoms with Gasteiger partial charge in [0.1, 0.15) is 12.4 Å². The molecule has 0 heterocycles. The minimum atomic E-state index is -0.400. The molecule has 0 aliphatic carbocycles. The Morgan fingerprint density at radius 1 is 0.875 bits per heavy atom. The Kier molecular flexibility index (Phi) is 9.90. The maximum Gasteiger partial charge on any atom is 0.271 e. The number of carbonyl (C=O) groups is 2. The van der Waals surface area contributed by atoms with Gasteiger partial charge in [0, 0.05) is 11.3 Å². The van der Waals surface area contributed by atoms with Crippen molar-refractivity contribution in [3.05, 3.63) is 118 Å². The summed E-state index contributed by atoms with van der Waals surface area (Å²) in [4.78, 5) is 24.8. The minimum absolute atomic E-state index is 0.143. The van der Waals surface area contributed by atoms with Gasteiger partial charge in [-0.3, -0.25) is 9.59 Å². The van der Waals surface area contributed by atoms with Crippen molar-refractivity contribution in [3.63, 3.8) is 0 Å². The molecular weight excluding hydrogens is 574 g/mol. The Labute approximate surface area is 241 Å². The van der Waals surface area contributed by atoms with Crippen LogP contribution in [0.4, 0.5) is 5.69 Å². The van der Waals surface area contributed by atoms with Crippen LogP contribution in [0.2, 0.25) is 0 Å². The summed E-state index contributed by atoms with van der Waals surface area (Å²) in [5.74, 6) is 0.812. The van der Waals surface area contributed by atoms with Crippen molar-refractivity contribution in [2.45, 2.75) is 13.5 Å². The van der Waals surface area contributed by atoms with Crippen LogP contribution in [0.15, 0.2) is 101 Å². The summed E-state index contributed by atoms with van der Waals surface area (Å²) in [5, 5.41) is 6.84. The highest BCUT2D eigenvalue weighted by atomic mass is 79.9. The van der Waals surface area contributed by atoms with Crippen LogP contribution in [0.1, 0.15) is 27.0 Å². The highest BCUT2D eigenvalue weighted by Gasteiger charge is 2.12. The number of carbonyl (C=O) groups excluding carboxylic acids is 2. The van der Waals surface area contributed by atoms with Crippen LogP contribution in [0.3, 0.4) is 0 Å². The zero-order chi connectivity index (χ0) is 28.3. The highest BCUT2D eigenvalue weighted by molar-refractivity contribution is 9.10. The Balaban J connectivity index is 1.28. The molecule has 0 saturated carbocycles. The van der Waals surface area contributed by atoms with E-state index in [4.69, 9.17) is 14.2 Å². The van der Waals surface area contributed by atoms with Gasteiger partial charge in [0.05, 0.1) is 17.8 Å². The fraction of sp³-hybridized carbons (Fsp3) is 0.129. The van der Waals surface area contributed by atoms with Crippen molar-refractivity contribution < 1.29 is 23.8 Å². The number of ether oxygens (including phenoxy) is 3. The molecule has 0 fully saturated rings. The summed E-state index contributed by atoms with van der Waals surface area (Å²) in [7, 11) is 1.52. The van der Waals surface area contributed by atoms with Crippen LogP contribution in [0, 0.1) is 6.92 Å². The molecule has 4 aromatic carbocycles. The standard InChI is InChI=1S/C31H28BrN3O5/c1-21-8-12-25(13-9-21)34-30(36)20-40-27-14-10-23(16-26(27)32)18-33-35-31(37)24-11-15-28(29(17-24)38-2)39-19-22-6-4-3-5-7-22/h3-18H,19-20H2,1-2H3,(H,34,36)(H,35,37)/b33-18+. The number of nitrogens with zero attached hydrogens (tertiary/aromatic N) is 1. The van der Waals surface area contributed by atoms with E-state index in [2.05, 4.69) is 31.8 Å². The molecule has 0 unspecified atom stereocenters. The second kappa shape index (κ2) is 14.0. The second-order valence-electron chi connectivity index (χ2n) is 8.73. The fourth-order valence-electron chi connectivity index (χ4n) is 3.59. The van der Waals surface area contributed by atoms with Crippen LogP contribution in [-0.4, -0.2) is 31.7 Å². The molecule has 204 valence electrons. The number of aryl methyl sites for hydroxylation is 1. The second-order valence-corrected chi connectivity index (χ2v) is 9.59. The number of rotatable bonds is 11. The maximum atomic E-state index is 12.6. The maximum absolute atomic E-state index is 12.6. The van der Waals surface area contributed by atoms with Gasteiger partial charge < -0.3 is 19.5 Å². The SMILES string of the molecule is COc1cc(C(=O)N/N=C/c2ccc(OCC(=O)Nc3ccc(C)cc3)c(Br)c2)ccc1OCc1ccccc1. The quantitative estimate of drug-likeness (QED) is 0.159. The largest absolute Gasteiger partial charge is 0.493 e. The number of hydrogen-bond donors (Lipinski definition) is 2. The topological polar surface area (TPSA) is 98.3 Å². The first-order valence-electron chi connectivity index (χ1n) is 12.4. The minimum Gasteiger partial charge on any atom is -0.493 e. The predicted octanol–water partition coefficient (Wildman–Crippen LogP) is 6.13. The molecule has 0 saturated heterocycles. The normalized spacial score (nSPS) is 10.7. The van der Waals surface area contributed by atoms with Gasteiger partial charge in [0.25, 0.3) is 11.8 Å². The molecule has 8 nitrogen and oxygen atoms in total. The molecule has 4 aromatic rings. The van der Waals surface area contributed by atoms with Crippen molar-refractivity contribution in [1.82, 2.24) is 5.43 Å². The van der Waals surface area contributed by atoms with E-state index in [-0.39, 0.29) is 12.5 Å². The lowest BCUT2D eigenvalue weighted by atomic mass is 10.2. The van der Waals surface area contributed by atoms with E-state index < -0.39 is 5.91 Å². The number of hydrazone groups is 1. The number of methoxy groups -OCH3 is 1. The van der Waals surface area contributed by atoms with Gasteiger partial charge in [0.2, 0.25) is 0 Å². The third-order valence-electron chi connectivity index (χ3n) is 5.69. The summed E-state index contributed by atoms with van der Waals surface area (Å²) in [5.41, 5.74) is 6.44. The Morgan fingerprint density at radius 2 is 1.62 bits per heavy atom. The Bertz CT molecular complexity index is 1490. The van der Waals surface area contributed by atoms with Crippen LogP contribution in [-0.2, 0) is 11.4 Å². The molecule has 0 atom stereocenters. The lowest BCUT2D eigenvalue weighted by Gasteiger charge is -2.12. The first-order valence-corrected chi connectivity index (χ1v) is 13.2. The lowest BCUT2D eigenvalue weighted by Crippen LogP contribution is -2.20. The molecule has 0 aliphatic heterocycles. The van der Waals surface area contributed by atoms with Crippen molar-refractivity contribution in [3.8, 4) is 17.2 Å². The van der Waals surface area contributed by atoms with Crippen molar-refractivity contribution >= 4 is 39.6 Å². The first-order chi connectivity index (χ1) is 19.4.